The first-order valence-electron chi connectivity index (χ1n) is 30.2. The highest BCUT2D eigenvalue weighted by Crippen LogP contribution is 2.43. The molecule has 19 aromatic rings. The van der Waals surface area contributed by atoms with Crippen molar-refractivity contribution in [2.45, 2.75) is 0 Å². The molecule has 0 spiro atoms. The van der Waals surface area contributed by atoms with Gasteiger partial charge in [-0.1, -0.05) is 194 Å². The number of aromatic nitrogens is 7. The van der Waals surface area contributed by atoms with Crippen molar-refractivity contribution in [3.05, 3.63) is 285 Å². The van der Waals surface area contributed by atoms with Crippen LogP contribution in [0.5, 0.6) is 0 Å². The lowest BCUT2D eigenvalue weighted by molar-refractivity contribution is 0.953. The number of hydrogen-bond donors (Lipinski definition) is 0. The molecule has 0 unspecified atom stereocenters. The van der Waals surface area contributed by atoms with Crippen molar-refractivity contribution in [1.82, 2.24) is 34.1 Å². The van der Waals surface area contributed by atoms with E-state index < -0.39 is 0 Å². The Morgan fingerprint density at radius 3 is 1.07 bits per heavy atom. The Labute approximate surface area is 523 Å². The van der Waals surface area contributed by atoms with Gasteiger partial charge in [0.05, 0.1) is 33.5 Å². The third kappa shape index (κ3) is 8.21. The predicted octanol–water partition coefficient (Wildman–Crippen LogP) is 21.9. The van der Waals surface area contributed by atoms with E-state index in [1.165, 1.54) is 62.6 Å². The second-order valence-corrected chi connectivity index (χ2v) is 25.4. The third-order valence-corrected chi connectivity index (χ3v) is 20.3. The topological polar surface area (TPSA) is 74.3 Å². The molecule has 0 N–H and O–H groups in total. The van der Waals surface area contributed by atoms with E-state index in [9.17, 15) is 0 Å². The van der Waals surface area contributed by atoms with E-state index in [4.69, 9.17) is 24.9 Å². The molecule has 0 saturated carbocycles. The summed E-state index contributed by atoms with van der Waals surface area (Å²) in [5.74, 6) is 2.23. The van der Waals surface area contributed by atoms with Crippen LogP contribution in [0.1, 0.15) is 0 Å². The van der Waals surface area contributed by atoms with E-state index in [0.29, 0.717) is 23.5 Å². The van der Waals surface area contributed by atoms with E-state index in [1.807, 2.05) is 22.7 Å². The van der Waals surface area contributed by atoms with Crippen molar-refractivity contribution in [3.8, 4) is 79.4 Å². The summed E-state index contributed by atoms with van der Waals surface area (Å²) in [4.78, 5) is 27.7. The number of rotatable bonds is 8. The van der Waals surface area contributed by atoms with Crippen molar-refractivity contribution in [1.29, 1.82) is 0 Å². The van der Waals surface area contributed by atoms with Crippen LogP contribution < -0.4 is 0 Å². The van der Waals surface area contributed by atoms with Gasteiger partial charge in [0.1, 0.15) is 0 Å². The van der Waals surface area contributed by atoms with Crippen LogP contribution >= 0.6 is 22.7 Å². The Bertz CT molecular complexity index is 5900. The van der Waals surface area contributed by atoms with Gasteiger partial charge in [0.15, 0.2) is 11.6 Å². The van der Waals surface area contributed by atoms with Gasteiger partial charge in [-0.05, 0) is 135 Å². The molecule has 0 fully saturated rings. The Kier molecular flexibility index (Phi) is 11.3. The molecule has 0 bridgehead atoms. The zero-order valence-corrected chi connectivity index (χ0v) is 49.7. The van der Waals surface area contributed by atoms with E-state index in [0.717, 1.165) is 98.8 Å². The van der Waals surface area contributed by atoms with Crippen LogP contribution in [0.4, 0.5) is 0 Å². The minimum Gasteiger partial charge on any atom is -0.278 e. The molecule has 0 amide bonds. The first-order chi connectivity index (χ1) is 44.5. The van der Waals surface area contributed by atoms with Crippen molar-refractivity contribution < 1.29 is 0 Å². The van der Waals surface area contributed by atoms with E-state index >= 15 is 0 Å². The molecule has 13 aromatic carbocycles. The lowest BCUT2D eigenvalue weighted by Crippen LogP contribution is -2.07. The maximum atomic E-state index is 5.64. The first kappa shape index (κ1) is 50.6. The summed E-state index contributed by atoms with van der Waals surface area (Å²) in [5.41, 5.74) is 14.1. The lowest BCUT2D eigenvalue weighted by Gasteiger charge is -2.13. The standard InChI is InChI=1S/C81H47N7S2/c1-3-15-48(16-4-1)50-27-29-54-41-58(33-31-52(54)39-50)78-84-79(59-34-32-53-40-51(28-30-55(53)42-59)49-17-5-2-6-18-49)86-81(85-78)88-71-24-12-8-20-61(71)65-45-64-60-19-7-11-23-70(60)87(72(64)47-73(65)88)80-82-68(56-35-37-76-66(43-56)62-21-9-13-25-74(62)89-76)46-69(83-80)57-36-38-77-67(44-57)63-22-10-14-26-75(63)90-77/h1-47H. The number of fused-ring (bicyclic) bond motifs is 14. The van der Waals surface area contributed by atoms with Crippen molar-refractivity contribution >= 4 is 128 Å². The first-order valence-corrected chi connectivity index (χ1v) is 31.8. The monoisotopic (exact) mass is 1180 g/mol. The average Bonchev–Trinajstić information content (AvgIpc) is 1.59. The minimum absolute atomic E-state index is 0.510. The van der Waals surface area contributed by atoms with Crippen molar-refractivity contribution in [2.75, 3.05) is 0 Å². The molecular formula is C81H47N7S2. The zero-order chi connectivity index (χ0) is 59.0. The molecular weight excluding hydrogens is 1140 g/mol. The number of para-hydroxylation sites is 2. The Balaban J connectivity index is 0.838. The molecule has 418 valence electrons. The summed E-state index contributed by atoms with van der Waals surface area (Å²) in [5, 5.41) is 13.7. The van der Waals surface area contributed by atoms with Gasteiger partial charge in [-0.25, -0.2) is 15.0 Å². The number of thiophene rings is 2. The fourth-order valence-electron chi connectivity index (χ4n) is 13.6. The molecule has 0 saturated heterocycles. The van der Waals surface area contributed by atoms with Crippen LogP contribution in [0.25, 0.3) is 185 Å². The molecule has 0 atom stereocenters. The van der Waals surface area contributed by atoms with Crippen LogP contribution in [0.2, 0.25) is 0 Å². The second kappa shape index (κ2) is 20.0. The molecule has 9 heteroatoms. The van der Waals surface area contributed by atoms with Crippen molar-refractivity contribution in [3.63, 3.8) is 0 Å². The molecule has 6 aromatic heterocycles. The van der Waals surface area contributed by atoms with Crippen LogP contribution in [0.3, 0.4) is 0 Å². The van der Waals surface area contributed by atoms with Crippen LogP contribution in [-0.2, 0) is 0 Å². The Morgan fingerprint density at radius 1 is 0.211 bits per heavy atom. The highest BCUT2D eigenvalue weighted by molar-refractivity contribution is 7.26. The van der Waals surface area contributed by atoms with Gasteiger partial charge in [-0.3, -0.25) is 9.13 Å². The normalized spacial score (nSPS) is 12.0. The quantitative estimate of drug-likeness (QED) is 0.152. The summed E-state index contributed by atoms with van der Waals surface area (Å²) < 4.78 is 9.51. The largest absolute Gasteiger partial charge is 0.278 e. The highest BCUT2D eigenvalue weighted by Gasteiger charge is 2.24. The van der Waals surface area contributed by atoms with Crippen LogP contribution in [-0.4, -0.2) is 34.1 Å². The summed E-state index contributed by atoms with van der Waals surface area (Å²) in [6.07, 6.45) is 0. The summed E-state index contributed by atoms with van der Waals surface area (Å²) in [6.45, 7) is 0. The fraction of sp³-hybridized carbons (Fsp3) is 0. The summed E-state index contributed by atoms with van der Waals surface area (Å²) in [7, 11) is 0. The maximum Gasteiger partial charge on any atom is 0.238 e. The van der Waals surface area contributed by atoms with E-state index in [2.05, 4.69) is 294 Å². The Hall–Kier alpha value is -11.5. The van der Waals surface area contributed by atoms with Crippen LogP contribution in [0, 0.1) is 0 Å². The van der Waals surface area contributed by atoms with Gasteiger partial charge >= 0.3 is 0 Å². The molecule has 0 aliphatic carbocycles. The number of benzene rings is 13. The van der Waals surface area contributed by atoms with Crippen molar-refractivity contribution in [2.24, 2.45) is 0 Å². The lowest BCUT2D eigenvalue weighted by atomic mass is 9.99. The molecule has 0 radical (unpaired) electrons. The van der Waals surface area contributed by atoms with Gasteiger partial charge in [-0.15, -0.1) is 22.7 Å². The van der Waals surface area contributed by atoms with Crippen LogP contribution in [0.15, 0.2) is 285 Å². The highest BCUT2D eigenvalue weighted by atomic mass is 32.1. The molecule has 7 nitrogen and oxygen atoms in total. The van der Waals surface area contributed by atoms with Gasteiger partial charge in [0, 0.05) is 84.1 Å². The van der Waals surface area contributed by atoms with Gasteiger partial charge in [0.25, 0.3) is 0 Å². The van der Waals surface area contributed by atoms with Gasteiger partial charge < -0.3 is 0 Å². The SMILES string of the molecule is c1ccc(-c2ccc3cc(-c4nc(-c5ccc6cc(-c7ccccc7)ccc6c5)nc(-n5c6ccccc6c6cc7c8ccccc8n(-c8nc(-c9ccc%10sc%11ccccc%11c%10c9)cc(-c9ccc%10sc%11ccccc%11c%10c9)n8)c7cc65)n4)ccc3c2)cc1. The minimum atomic E-state index is 0.510. The summed E-state index contributed by atoms with van der Waals surface area (Å²) >= 11 is 3.65. The maximum absolute atomic E-state index is 5.64. The third-order valence-electron chi connectivity index (χ3n) is 18.0. The molecule has 0 aliphatic rings. The zero-order valence-electron chi connectivity index (χ0n) is 48.1. The smallest absolute Gasteiger partial charge is 0.238 e. The molecule has 90 heavy (non-hydrogen) atoms. The predicted molar refractivity (Wildman–Crippen MR) is 378 cm³/mol. The molecule has 6 heterocycles. The number of hydrogen-bond acceptors (Lipinski definition) is 7. The van der Waals surface area contributed by atoms with Gasteiger partial charge in [-0.2, -0.15) is 9.97 Å². The van der Waals surface area contributed by atoms with Gasteiger partial charge in [0.2, 0.25) is 11.9 Å². The average molecular weight is 1180 g/mol. The summed E-state index contributed by atoms with van der Waals surface area (Å²) in [6, 6.07) is 102. The second-order valence-electron chi connectivity index (χ2n) is 23.2. The fourth-order valence-corrected chi connectivity index (χ4v) is 15.7. The van der Waals surface area contributed by atoms with E-state index in [1.54, 1.807) is 0 Å². The molecule has 19 rings (SSSR count). The molecule has 0 aliphatic heterocycles. The van der Waals surface area contributed by atoms with E-state index in [-0.39, 0.29) is 0 Å². The Morgan fingerprint density at radius 2 is 0.589 bits per heavy atom. The number of nitrogens with zero attached hydrogens (tertiary/aromatic N) is 7.